The van der Waals surface area contributed by atoms with Gasteiger partial charge in [0.05, 0.1) is 11.9 Å². The maximum Gasteiger partial charge on any atom is 0.234 e. The van der Waals surface area contributed by atoms with Gasteiger partial charge in [-0.15, -0.1) is 11.8 Å². The number of carbonyl (C=O) groups is 1. The van der Waals surface area contributed by atoms with Crippen LogP contribution in [0, 0.1) is 0 Å². The molecule has 1 fully saturated rings. The Kier molecular flexibility index (Phi) is 4.90. The van der Waals surface area contributed by atoms with Crippen molar-refractivity contribution in [2.45, 2.75) is 18.9 Å². The van der Waals surface area contributed by atoms with E-state index in [2.05, 4.69) is 5.32 Å². The van der Waals surface area contributed by atoms with E-state index >= 15 is 0 Å². The molecule has 2 rings (SSSR count). The molecular formula is C13H18N2O2S. The van der Waals surface area contributed by atoms with Crippen LogP contribution < -0.4 is 11.1 Å². The number of nitrogen functional groups attached to an aromatic ring is 1. The third kappa shape index (κ3) is 4.23. The fraction of sp³-hybridized carbons (Fsp3) is 0.462. The number of anilines is 2. The molecule has 5 heteroatoms. The number of benzene rings is 1. The van der Waals surface area contributed by atoms with Gasteiger partial charge in [-0.1, -0.05) is 0 Å². The molecule has 0 spiro atoms. The minimum absolute atomic E-state index is 0.0165. The number of ether oxygens (including phenoxy) is 1. The van der Waals surface area contributed by atoms with Gasteiger partial charge < -0.3 is 15.8 Å². The Morgan fingerprint density at radius 2 is 2.22 bits per heavy atom. The molecule has 3 N–H and O–H groups in total. The highest BCUT2D eigenvalue weighted by Gasteiger charge is 2.15. The van der Waals surface area contributed by atoms with Crippen molar-refractivity contribution in [1.29, 1.82) is 0 Å². The standard InChI is InChI=1S/C13H18N2O2S/c14-10-3-5-11(6-4-10)15-13(16)9-18-8-12-2-1-7-17-12/h3-6,12H,1-2,7-9,14H2,(H,15,16). The molecule has 1 aromatic rings. The van der Waals surface area contributed by atoms with Crippen molar-refractivity contribution in [3.63, 3.8) is 0 Å². The fourth-order valence-electron chi connectivity index (χ4n) is 1.82. The molecule has 1 heterocycles. The number of amides is 1. The molecule has 0 radical (unpaired) electrons. The van der Waals surface area contributed by atoms with Crippen molar-refractivity contribution in [3.05, 3.63) is 24.3 Å². The van der Waals surface area contributed by atoms with Gasteiger partial charge in [-0.25, -0.2) is 0 Å². The molecule has 0 aliphatic carbocycles. The number of nitrogens with one attached hydrogen (secondary N) is 1. The van der Waals surface area contributed by atoms with E-state index in [-0.39, 0.29) is 5.91 Å². The van der Waals surface area contributed by atoms with Crippen molar-refractivity contribution >= 4 is 29.0 Å². The Hall–Kier alpha value is -1.20. The second kappa shape index (κ2) is 6.66. The van der Waals surface area contributed by atoms with Crippen LogP contribution in [0.1, 0.15) is 12.8 Å². The quantitative estimate of drug-likeness (QED) is 0.801. The molecule has 4 nitrogen and oxygen atoms in total. The molecule has 18 heavy (non-hydrogen) atoms. The average Bonchev–Trinajstić information content (AvgIpc) is 2.85. The number of hydrogen-bond donors (Lipinski definition) is 2. The predicted octanol–water partition coefficient (Wildman–Crippen LogP) is 2.12. The predicted molar refractivity (Wildman–Crippen MR) is 75.8 cm³/mol. The minimum Gasteiger partial charge on any atom is -0.399 e. The summed E-state index contributed by atoms with van der Waals surface area (Å²) in [5, 5.41) is 2.84. The first kappa shape index (κ1) is 13.2. The van der Waals surface area contributed by atoms with Crippen molar-refractivity contribution in [2.75, 3.05) is 29.2 Å². The van der Waals surface area contributed by atoms with Crippen LogP contribution in [0.15, 0.2) is 24.3 Å². The molecule has 1 aromatic carbocycles. The van der Waals surface area contributed by atoms with Crippen molar-refractivity contribution < 1.29 is 9.53 Å². The molecule has 1 aliphatic rings. The van der Waals surface area contributed by atoms with E-state index in [4.69, 9.17) is 10.5 Å². The van der Waals surface area contributed by atoms with Gasteiger partial charge in [0.2, 0.25) is 5.91 Å². The third-order valence-electron chi connectivity index (χ3n) is 2.76. The fourth-order valence-corrected chi connectivity index (χ4v) is 2.72. The minimum atomic E-state index is 0.0165. The normalized spacial score (nSPS) is 18.8. The molecule has 1 unspecified atom stereocenters. The van der Waals surface area contributed by atoms with Crippen LogP contribution in [-0.2, 0) is 9.53 Å². The maximum atomic E-state index is 11.7. The maximum absolute atomic E-state index is 11.7. The Labute approximate surface area is 111 Å². The topological polar surface area (TPSA) is 64.3 Å². The molecule has 1 aliphatic heterocycles. The van der Waals surface area contributed by atoms with Crippen LogP contribution in [0.3, 0.4) is 0 Å². The SMILES string of the molecule is Nc1ccc(NC(=O)CSCC2CCCO2)cc1. The van der Waals surface area contributed by atoms with Crippen LogP contribution in [0.2, 0.25) is 0 Å². The van der Waals surface area contributed by atoms with E-state index in [1.807, 2.05) is 0 Å². The summed E-state index contributed by atoms with van der Waals surface area (Å²) in [5.74, 6) is 1.38. The first-order chi connectivity index (χ1) is 8.74. The van der Waals surface area contributed by atoms with Crippen molar-refractivity contribution in [3.8, 4) is 0 Å². The molecule has 0 saturated carbocycles. The number of hydrogen-bond acceptors (Lipinski definition) is 4. The van der Waals surface area contributed by atoms with E-state index in [0.29, 0.717) is 17.5 Å². The lowest BCUT2D eigenvalue weighted by Crippen LogP contribution is -2.16. The smallest absolute Gasteiger partial charge is 0.234 e. The zero-order valence-corrected chi connectivity index (χ0v) is 11.0. The molecule has 0 bridgehead atoms. The number of rotatable bonds is 5. The van der Waals surface area contributed by atoms with E-state index in [1.165, 1.54) is 0 Å². The first-order valence-corrected chi connectivity index (χ1v) is 7.24. The summed E-state index contributed by atoms with van der Waals surface area (Å²) in [7, 11) is 0. The highest BCUT2D eigenvalue weighted by molar-refractivity contribution is 8.00. The Morgan fingerprint density at radius 3 is 2.89 bits per heavy atom. The van der Waals surface area contributed by atoms with Gasteiger partial charge in [0.25, 0.3) is 0 Å². The lowest BCUT2D eigenvalue weighted by Gasteiger charge is -2.09. The Morgan fingerprint density at radius 1 is 1.44 bits per heavy atom. The van der Waals surface area contributed by atoms with Gasteiger partial charge in [-0.2, -0.15) is 0 Å². The second-order valence-corrected chi connectivity index (χ2v) is 5.35. The van der Waals surface area contributed by atoms with Crippen molar-refractivity contribution in [2.24, 2.45) is 0 Å². The summed E-state index contributed by atoms with van der Waals surface area (Å²) in [6.45, 7) is 0.864. The zero-order chi connectivity index (χ0) is 12.8. The second-order valence-electron chi connectivity index (χ2n) is 4.32. The largest absolute Gasteiger partial charge is 0.399 e. The number of nitrogens with two attached hydrogens (primary N) is 1. The van der Waals surface area contributed by atoms with E-state index in [0.717, 1.165) is 30.9 Å². The molecular weight excluding hydrogens is 248 g/mol. The lowest BCUT2D eigenvalue weighted by atomic mass is 10.3. The molecule has 0 aromatic heterocycles. The average molecular weight is 266 g/mol. The molecule has 1 amide bonds. The highest BCUT2D eigenvalue weighted by atomic mass is 32.2. The van der Waals surface area contributed by atoms with Crippen LogP contribution in [0.5, 0.6) is 0 Å². The number of thioether (sulfide) groups is 1. The lowest BCUT2D eigenvalue weighted by molar-refractivity contribution is -0.113. The summed E-state index contributed by atoms with van der Waals surface area (Å²) in [6.07, 6.45) is 2.59. The van der Waals surface area contributed by atoms with E-state index in [1.54, 1.807) is 36.0 Å². The first-order valence-electron chi connectivity index (χ1n) is 6.09. The summed E-state index contributed by atoms with van der Waals surface area (Å²) in [6, 6.07) is 7.15. The summed E-state index contributed by atoms with van der Waals surface area (Å²) in [4.78, 5) is 11.7. The van der Waals surface area contributed by atoms with E-state index < -0.39 is 0 Å². The molecule has 98 valence electrons. The van der Waals surface area contributed by atoms with Crippen LogP contribution in [-0.4, -0.2) is 30.1 Å². The summed E-state index contributed by atoms with van der Waals surface area (Å²) >= 11 is 1.62. The van der Waals surface area contributed by atoms with Gasteiger partial charge in [0.1, 0.15) is 0 Å². The van der Waals surface area contributed by atoms with Crippen molar-refractivity contribution in [1.82, 2.24) is 0 Å². The Bertz CT molecular complexity index is 388. The third-order valence-corrected chi connectivity index (χ3v) is 3.83. The monoisotopic (exact) mass is 266 g/mol. The zero-order valence-electron chi connectivity index (χ0n) is 10.2. The Balaban J connectivity index is 1.66. The number of carbonyl (C=O) groups excluding carboxylic acids is 1. The van der Waals surface area contributed by atoms with Gasteiger partial charge in [0, 0.05) is 23.7 Å². The van der Waals surface area contributed by atoms with Gasteiger partial charge >= 0.3 is 0 Å². The summed E-state index contributed by atoms with van der Waals surface area (Å²) in [5.41, 5.74) is 7.06. The molecule has 1 atom stereocenters. The van der Waals surface area contributed by atoms with Gasteiger partial charge in [-0.3, -0.25) is 4.79 Å². The van der Waals surface area contributed by atoms with Gasteiger partial charge in [0.15, 0.2) is 0 Å². The van der Waals surface area contributed by atoms with E-state index in [9.17, 15) is 4.79 Å². The molecule has 1 saturated heterocycles. The van der Waals surface area contributed by atoms with Crippen LogP contribution >= 0.6 is 11.8 Å². The highest BCUT2D eigenvalue weighted by Crippen LogP contribution is 2.17. The van der Waals surface area contributed by atoms with Crippen LogP contribution in [0.4, 0.5) is 11.4 Å². The van der Waals surface area contributed by atoms with Crippen LogP contribution in [0.25, 0.3) is 0 Å². The summed E-state index contributed by atoms with van der Waals surface area (Å²) < 4.78 is 5.50. The van der Waals surface area contributed by atoms with Gasteiger partial charge in [-0.05, 0) is 37.1 Å².